The van der Waals surface area contributed by atoms with Crippen molar-refractivity contribution < 1.29 is 14.7 Å². The molecule has 66 valence electrons. The minimum atomic E-state index is -0.893. The fraction of sp³-hybridized carbons (Fsp3) is 0.556. The number of ketones is 1. The summed E-state index contributed by atoms with van der Waals surface area (Å²) in [6, 6.07) is 0. The summed E-state index contributed by atoms with van der Waals surface area (Å²) >= 11 is 0. The maximum atomic E-state index is 11.3. The number of allylic oxidation sites excluding steroid dienone is 2. The summed E-state index contributed by atoms with van der Waals surface area (Å²) in [4.78, 5) is 21.7. The van der Waals surface area contributed by atoms with Gasteiger partial charge in [-0.2, -0.15) is 0 Å². The minimum absolute atomic E-state index is 0.00917. The molecule has 3 heteroatoms. The molecule has 0 bridgehead atoms. The summed E-state index contributed by atoms with van der Waals surface area (Å²) in [5, 5.41) is 8.49. The molecule has 0 spiro atoms. The van der Waals surface area contributed by atoms with E-state index in [4.69, 9.17) is 5.11 Å². The molecule has 1 aliphatic rings. The van der Waals surface area contributed by atoms with Gasteiger partial charge in [-0.1, -0.05) is 5.57 Å². The molecule has 0 saturated carbocycles. The van der Waals surface area contributed by atoms with Crippen LogP contribution in [-0.4, -0.2) is 16.9 Å². The Bertz CT molecular complexity index is 263. The van der Waals surface area contributed by atoms with Crippen molar-refractivity contribution in [1.29, 1.82) is 0 Å². The number of rotatable bonds is 2. The van der Waals surface area contributed by atoms with Gasteiger partial charge in [0.15, 0.2) is 5.78 Å². The van der Waals surface area contributed by atoms with Crippen molar-refractivity contribution in [3.8, 4) is 0 Å². The second kappa shape index (κ2) is 3.09. The van der Waals surface area contributed by atoms with Gasteiger partial charge in [0.05, 0.1) is 6.42 Å². The van der Waals surface area contributed by atoms with Gasteiger partial charge in [0.1, 0.15) is 0 Å². The molecule has 1 N–H and O–H groups in total. The first-order valence-electron chi connectivity index (χ1n) is 3.94. The van der Waals surface area contributed by atoms with Gasteiger partial charge in [0, 0.05) is 5.92 Å². The number of aliphatic carboxylic acids is 1. The lowest BCUT2D eigenvalue weighted by atomic mass is 10.0. The van der Waals surface area contributed by atoms with E-state index in [1.807, 2.05) is 6.92 Å². The smallest absolute Gasteiger partial charge is 0.304 e. The Morgan fingerprint density at radius 1 is 1.58 bits per heavy atom. The Labute approximate surface area is 71.1 Å². The highest BCUT2D eigenvalue weighted by Gasteiger charge is 2.29. The molecule has 3 nitrogen and oxygen atoms in total. The lowest BCUT2D eigenvalue weighted by Gasteiger charge is -2.03. The van der Waals surface area contributed by atoms with Gasteiger partial charge < -0.3 is 5.11 Å². The second-order valence-electron chi connectivity index (χ2n) is 3.27. The maximum absolute atomic E-state index is 11.3. The molecule has 0 aromatic carbocycles. The minimum Gasteiger partial charge on any atom is -0.481 e. The van der Waals surface area contributed by atoms with Gasteiger partial charge in [-0.25, -0.2) is 0 Å². The Kier molecular flexibility index (Phi) is 2.31. The van der Waals surface area contributed by atoms with Crippen molar-refractivity contribution in [3.05, 3.63) is 11.1 Å². The van der Waals surface area contributed by atoms with E-state index in [9.17, 15) is 9.59 Å². The molecular weight excluding hydrogens is 156 g/mol. The van der Waals surface area contributed by atoms with Crippen molar-refractivity contribution in [2.75, 3.05) is 0 Å². The van der Waals surface area contributed by atoms with Gasteiger partial charge in [-0.3, -0.25) is 9.59 Å². The van der Waals surface area contributed by atoms with E-state index in [0.717, 1.165) is 11.1 Å². The van der Waals surface area contributed by atoms with E-state index in [0.29, 0.717) is 6.42 Å². The third kappa shape index (κ3) is 1.55. The summed E-state index contributed by atoms with van der Waals surface area (Å²) in [6.45, 7) is 3.65. The molecule has 1 aliphatic carbocycles. The van der Waals surface area contributed by atoms with Crippen LogP contribution in [0.3, 0.4) is 0 Å². The van der Waals surface area contributed by atoms with Crippen molar-refractivity contribution in [2.24, 2.45) is 5.92 Å². The molecule has 1 unspecified atom stereocenters. The quantitative estimate of drug-likeness (QED) is 0.677. The first-order valence-corrected chi connectivity index (χ1v) is 3.94. The van der Waals surface area contributed by atoms with Crippen LogP contribution in [0.4, 0.5) is 0 Å². The molecule has 0 saturated heterocycles. The largest absolute Gasteiger partial charge is 0.481 e. The lowest BCUT2D eigenvalue weighted by Crippen LogP contribution is -2.13. The Hall–Kier alpha value is -1.12. The number of carbonyl (C=O) groups excluding carboxylic acids is 1. The summed E-state index contributed by atoms with van der Waals surface area (Å²) in [5.74, 6) is -1.19. The molecule has 0 fully saturated rings. The maximum Gasteiger partial charge on any atom is 0.304 e. The first-order chi connectivity index (χ1) is 5.52. The van der Waals surface area contributed by atoms with Gasteiger partial charge in [0.2, 0.25) is 0 Å². The highest BCUT2D eigenvalue weighted by molar-refractivity contribution is 6.01. The molecular formula is C9H12O3. The third-order valence-electron chi connectivity index (χ3n) is 2.35. The Morgan fingerprint density at radius 2 is 2.17 bits per heavy atom. The lowest BCUT2D eigenvalue weighted by molar-refractivity contribution is -0.139. The normalized spacial score (nSPS) is 23.5. The molecule has 1 atom stereocenters. The van der Waals surface area contributed by atoms with Crippen molar-refractivity contribution in [3.63, 3.8) is 0 Å². The van der Waals surface area contributed by atoms with Crippen LogP contribution in [0.2, 0.25) is 0 Å². The Balaban J connectivity index is 2.67. The predicted molar refractivity (Wildman–Crippen MR) is 43.7 cm³/mol. The number of carbonyl (C=O) groups is 2. The van der Waals surface area contributed by atoms with E-state index in [1.54, 1.807) is 6.92 Å². The van der Waals surface area contributed by atoms with E-state index in [-0.39, 0.29) is 18.1 Å². The molecule has 0 aromatic heterocycles. The zero-order valence-electron chi connectivity index (χ0n) is 7.26. The molecule has 0 aliphatic heterocycles. The fourth-order valence-electron chi connectivity index (χ4n) is 1.51. The predicted octanol–water partition coefficient (Wildman–Crippen LogP) is 1.39. The molecule has 0 heterocycles. The van der Waals surface area contributed by atoms with Crippen LogP contribution in [0.1, 0.15) is 26.7 Å². The zero-order valence-corrected chi connectivity index (χ0v) is 7.26. The van der Waals surface area contributed by atoms with Gasteiger partial charge in [-0.15, -0.1) is 0 Å². The summed E-state index contributed by atoms with van der Waals surface area (Å²) in [5.41, 5.74) is 1.78. The van der Waals surface area contributed by atoms with Crippen LogP contribution in [0.5, 0.6) is 0 Å². The number of hydrogen-bond acceptors (Lipinski definition) is 2. The van der Waals surface area contributed by atoms with Crippen LogP contribution >= 0.6 is 0 Å². The van der Waals surface area contributed by atoms with Crippen LogP contribution in [-0.2, 0) is 9.59 Å². The van der Waals surface area contributed by atoms with Crippen molar-refractivity contribution in [1.82, 2.24) is 0 Å². The van der Waals surface area contributed by atoms with Crippen LogP contribution < -0.4 is 0 Å². The van der Waals surface area contributed by atoms with Crippen LogP contribution in [0.25, 0.3) is 0 Å². The van der Waals surface area contributed by atoms with Crippen LogP contribution in [0, 0.1) is 5.92 Å². The van der Waals surface area contributed by atoms with Gasteiger partial charge in [0.25, 0.3) is 0 Å². The number of carboxylic acid groups (broad SMARTS) is 1. The average Bonchev–Trinajstić information content (AvgIpc) is 2.17. The Morgan fingerprint density at radius 3 is 2.50 bits per heavy atom. The van der Waals surface area contributed by atoms with E-state index in [1.165, 1.54) is 0 Å². The SMILES string of the molecule is CC1=C(C)C(=O)C(CC(=O)O)C1. The highest BCUT2D eigenvalue weighted by atomic mass is 16.4. The number of hydrogen-bond donors (Lipinski definition) is 1. The first kappa shape index (κ1) is 8.97. The fourth-order valence-corrected chi connectivity index (χ4v) is 1.51. The molecule has 1 rings (SSSR count). The zero-order chi connectivity index (χ0) is 9.30. The highest BCUT2D eigenvalue weighted by Crippen LogP contribution is 2.29. The molecule has 0 aromatic rings. The van der Waals surface area contributed by atoms with Gasteiger partial charge in [-0.05, 0) is 25.8 Å². The average molecular weight is 168 g/mol. The van der Waals surface area contributed by atoms with Crippen molar-refractivity contribution >= 4 is 11.8 Å². The molecule has 0 radical (unpaired) electrons. The summed E-state index contributed by atoms with van der Waals surface area (Å²) in [6.07, 6.45) is 0.588. The van der Waals surface area contributed by atoms with Crippen LogP contribution in [0.15, 0.2) is 11.1 Å². The summed E-state index contributed by atoms with van der Waals surface area (Å²) in [7, 11) is 0. The molecule has 12 heavy (non-hydrogen) atoms. The third-order valence-corrected chi connectivity index (χ3v) is 2.35. The summed E-state index contributed by atoms with van der Waals surface area (Å²) < 4.78 is 0. The molecule has 0 amide bonds. The van der Waals surface area contributed by atoms with Gasteiger partial charge >= 0.3 is 5.97 Å². The van der Waals surface area contributed by atoms with E-state index >= 15 is 0 Å². The standard InChI is InChI=1S/C9H12O3/c1-5-3-7(4-8(10)11)9(12)6(5)2/h7H,3-4H2,1-2H3,(H,10,11). The topological polar surface area (TPSA) is 54.4 Å². The van der Waals surface area contributed by atoms with E-state index < -0.39 is 5.97 Å². The number of carboxylic acids is 1. The van der Waals surface area contributed by atoms with Crippen molar-refractivity contribution in [2.45, 2.75) is 26.7 Å². The monoisotopic (exact) mass is 168 g/mol. The number of Topliss-reactive ketones (excluding diaryl/α,β-unsaturated/α-hetero) is 1. The van der Waals surface area contributed by atoms with E-state index in [2.05, 4.69) is 0 Å². The second-order valence-corrected chi connectivity index (χ2v) is 3.27.